The van der Waals surface area contributed by atoms with E-state index in [4.69, 9.17) is 0 Å². The van der Waals surface area contributed by atoms with Gasteiger partial charge in [-0.2, -0.15) is 0 Å². The van der Waals surface area contributed by atoms with Gasteiger partial charge in [0.2, 0.25) is 0 Å². The van der Waals surface area contributed by atoms with E-state index in [1.807, 2.05) is 37.4 Å². The Morgan fingerprint density at radius 1 is 0.857 bits per heavy atom. The summed E-state index contributed by atoms with van der Waals surface area (Å²) in [7, 11) is 1.95. The molecular formula is C19H18FN. The van der Waals surface area contributed by atoms with Gasteiger partial charge in [-0.15, -0.1) is 0 Å². The molecule has 0 radical (unpaired) electrons. The summed E-state index contributed by atoms with van der Waals surface area (Å²) in [6.07, 6.45) is 0. The minimum atomic E-state index is -0.172. The third kappa shape index (κ3) is 2.55. The molecule has 0 bridgehead atoms. The standard InChI is InChI=1S/C19H18FN/c1-13(21-2)14-7-9-15(10-8-14)16-11-12-19(20)18-6-4-3-5-17(16)18/h3-13,21H,1-2H3. The fourth-order valence-corrected chi connectivity index (χ4v) is 2.63. The van der Waals surface area contributed by atoms with Gasteiger partial charge < -0.3 is 5.32 Å². The molecule has 1 nitrogen and oxygen atoms in total. The molecule has 0 aliphatic carbocycles. The van der Waals surface area contributed by atoms with Crippen LogP contribution in [-0.4, -0.2) is 7.05 Å². The highest BCUT2D eigenvalue weighted by molar-refractivity contribution is 5.96. The summed E-state index contributed by atoms with van der Waals surface area (Å²) in [5, 5.41) is 4.85. The number of hydrogen-bond donors (Lipinski definition) is 1. The first-order valence-corrected chi connectivity index (χ1v) is 7.15. The lowest BCUT2D eigenvalue weighted by Gasteiger charge is -2.12. The van der Waals surface area contributed by atoms with Crippen LogP contribution in [0, 0.1) is 5.82 Å². The van der Waals surface area contributed by atoms with Crippen LogP contribution in [0.3, 0.4) is 0 Å². The van der Waals surface area contributed by atoms with Crippen LogP contribution in [0.2, 0.25) is 0 Å². The Balaban J connectivity index is 2.11. The van der Waals surface area contributed by atoms with E-state index in [9.17, 15) is 4.39 Å². The first-order valence-electron chi connectivity index (χ1n) is 7.15. The van der Waals surface area contributed by atoms with E-state index in [2.05, 4.69) is 36.5 Å². The number of fused-ring (bicyclic) bond motifs is 1. The molecule has 2 heteroatoms. The van der Waals surface area contributed by atoms with Crippen LogP contribution >= 0.6 is 0 Å². The highest BCUT2D eigenvalue weighted by Gasteiger charge is 2.08. The lowest BCUT2D eigenvalue weighted by Crippen LogP contribution is -2.11. The molecule has 21 heavy (non-hydrogen) atoms. The lowest BCUT2D eigenvalue weighted by molar-refractivity contribution is 0.640. The van der Waals surface area contributed by atoms with Gasteiger partial charge in [0.15, 0.2) is 0 Å². The predicted molar refractivity (Wildman–Crippen MR) is 86.8 cm³/mol. The zero-order valence-corrected chi connectivity index (χ0v) is 12.2. The molecule has 3 aromatic rings. The van der Waals surface area contributed by atoms with Crippen molar-refractivity contribution in [1.29, 1.82) is 0 Å². The van der Waals surface area contributed by atoms with Crippen molar-refractivity contribution in [3.63, 3.8) is 0 Å². The highest BCUT2D eigenvalue weighted by atomic mass is 19.1. The van der Waals surface area contributed by atoms with Crippen LogP contribution in [0.4, 0.5) is 4.39 Å². The van der Waals surface area contributed by atoms with Gasteiger partial charge in [0.25, 0.3) is 0 Å². The quantitative estimate of drug-likeness (QED) is 0.717. The summed E-state index contributed by atoms with van der Waals surface area (Å²) in [6.45, 7) is 2.13. The van der Waals surface area contributed by atoms with Crippen molar-refractivity contribution in [2.75, 3.05) is 7.05 Å². The maximum Gasteiger partial charge on any atom is 0.131 e. The zero-order chi connectivity index (χ0) is 14.8. The Bertz CT molecular complexity index is 762. The smallest absolute Gasteiger partial charge is 0.131 e. The van der Waals surface area contributed by atoms with Crippen LogP contribution in [-0.2, 0) is 0 Å². The molecule has 0 heterocycles. The summed E-state index contributed by atoms with van der Waals surface area (Å²) in [4.78, 5) is 0. The Hall–Kier alpha value is -2.19. The Morgan fingerprint density at radius 3 is 2.19 bits per heavy atom. The molecule has 0 spiro atoms. The molecule has 0 aliphatic heterocycles. The molecule has 0 saturated carbocycles. The van der Waals surface area contributed by atoms with Gasteiger partial charge in [-0.1, -0.05) is 54.6 Å². The predicted octanol–water partition coefficient (Wildman–Crippen LogP) is 4.93. The molecule has 0 saturated heterocycles. The van der Waals surface area contributed by atoms with Crippen LogP contribution in [0.15, 0.2) is 60.7 Å². The Kier molecular flexibility index (Phi) is 3.72. The van der Waals surface area contributed by atoms with Gasteiger partial charge >= 0.3 is 0 Å². The van der Waals surface area contributed by atoms with Crippen molar-refractivity contribution in [1.82, 2.24) is 5.32 Å². The summed E-state index contributed by atoms with van der Waals surface area (Å²) in [5.41, 5.74) is 3.42. The highest BCUT2D eigenvalue weighted by Crippen LogP contribution is 2.30. The molecule has 0 fully saturated rings. The first kappa shape index (κ1) is 13.8. The van der Waals surface area contributed by atoms with Gasteiger partial charge in [0, 0.05) is 11.4 Å². The molecular weight excluding hydrogens is 261 g/mol. The second-order valence-electron chi connectivity index (χ2n) is 5.27. The molecule has 3 rings (SSSR count). The van der Waals surface area contributed by atoms with Crippen LogP contribution in [0.25, 0.3) is 21.9 Å². The van der Waals surface area contributed by atoms with Gasteiger partial charge in [-0.3, -0.25) is 0 Å². The maximum absolute atomic E-state index is 13.9. The monoisotopic (exact) mass is 279 g/mol. The van der Waals surface area contributed by atoms with Crippen LogP contribution < -0.4 is 5.32 Å². The van der Waals surface area contributed by atoms with Crippen LogP contribution in [0.5, 0.6) is 0 Å². The third-order valence-corrected chi connectivity index (χ3v) is 4.03. The number of benzene rings is 3. The molecule has 0 amide bonds. The molecule has 0 aromatic heterocycles. The lowest BCUT2D eigenvalue weighted by atomic mass is 9.96. The van der Waals surface area contributed by atoms with Gasteiger partial charge in [-0.25, -0.2) is 4.39 Å². The van der Waals surface area contributed by atoms with Gasteiger partial charge in [0.05, 0.1) is 0 Å². The number of rotatable bonds is 3. The average Bonchev–Trinajstić information content (AvgIpc) is 2.55. The second kappa shape index (κ2) is 5.66. The number of halogens is 1. The number of hydrogen-bond acceptors (Lipinski definition) is 1. The summed E-state index contributed by atoms with van der Waals surface area (Å²) < 4.78 is 13.9. The molecule has 106 valence electrons. The van der Waals surface area contributed by atoms with Crippen molar-refractivity contribution >= 4 is 10.8 Å². The largest absolute Gasteiger partial charge is 0.313 e. The Labute approximate surface area is 124 Å². The van der Waals surface area contributed by atoms with Gasteiger partial charge in [0.1, 0.15) is 5.82 Å². The van der Waals surface area contributed by atoms with E-state index in [1.165, 1.54) is 5.56 Å². The topological polar surface area (TPSA) is 12.0 Å². The van der Waals surface area contributed by atoms with E-state index in [-0.39, 0.29) is 5.82 Å². The normalized spacial score (nSPS) is 12.5. The maximum atomic E-state index is 13.9. The van der Waals surface area contributed by atoms with E-state index < -0.39 is 0 Å². The average molecular weight is 279 g/mol. The molecule has 3 aromatic carbocycles. The van der Waals surface area contributed by atoms with Crippen molar-refractivity contribution in [3.8, 4) is 11.1 Å². The van der Waals surface area contributed by atoms with Crippen molar-refractivity contribution < 1.29 is 4.39 Å². The summed E-state index contributed by atoms with van der Waals surface area (Å²) >= 11 is 0. The first-order chi connectivity index (χ1) is 10.2. The van der Waals surface area contributed by atoms with Crippen molar-refractivity contribution in [3.05, 3.63) is 72.0 Å². The molecule has 1 unspecified atom stereocenters. The Morgan fingerprint density at radius 2 is 1.52 bits per heavy atom. The van der Waals surface area contributed by atoms with E-state index in [0.717, 1.165) is 16.5 Å². The third-order valence-electron chi connectivity index (χ3n) is 4.03. The minimum Gasteiger partial charge on any atom is -0.313 e. The van der Waals surface area contributed by atoms with Gasteiger partial charge in [-0.05, 0) is 42.1 Å². The van der Waals surface area contributed by atoms with E-state index in [0.29, 0.717) is 11.4 Å². The van der Waals surface area contributed by atoms with E-state index >= 15 is 0 Å². The second-order valence-corrected chi connectivity index (χ2v) is 5.27. The summed E-state index contributed by atoms with van der Waals surface area (Å²) in [5.74, 6) is -0.172. The number of nitrogens with one attached hydrogen (secondary N) is 1. The fraction of sp³-hybridized carbons (Fsp3) is 0.158. The summed E-state index contributed by atoms with van der Waals surface area (Å²) in [6, 6.07) is 19.8. The fourth-order valence-electron chi connectivity index (χ4n) is 2.63. The van der Waals surface area contributed by atoms with Crippen molar-refractivity contribution in [2.24, 2.45) is 0 Å². The molecule has 1 N–H and O–H groups in total. The molecule has 1 atom stereocenters. The van der Waals surface area contributed by atoms with Crippen molar-refractivity contribution in [2.45, 2.75) is 13.0 Å². The molecule has 0 aliphatic rings. The SMILES string of the molecule is CNC(C)c1ccc(-c2ccc(F)c3ccccc23)cc1. The van der Waals surface area contributed by atoms with E-state index in [1.54, 1.807) is 6.07 Å². The zero-order valence-electron chi connectivity index (χ0n) is 12.2. The minimum absolute atomic E-state index is 0.172. The van der Waals surface area contributed by atoms with Crippen LogP contribution in [0.1, 0.15) is 18.5 Å².